The summed E-state index contributed by atoms with van der Waals surface area (Å²) < 4.78 is 0. The highest BCUT2D eigenvalue weighted by atomic mass is 15.1. The lowest BCUT2D eigenvalue weighted by atomic mass is 9.90. The van der Waals surface area contributed by atoms with Crippen LogP contribution in [0, 0.1) is 11.3 Å². The zero-order valence-corrected chi connectivity index (χ0v) is 11.6. The number of nitrogens with two attached hydrogens (primary N) is 1. The van der Waals surface area contributed by atoms with Gasteiger partial charge in [0.2, 0.25) is 0 Å². The van der Waals surface area contributed by atoms with Gasteiger partial charge in [-0.15, -0.1) is 0 Å². The van der Waals surface area contributed by atoms with E-state index in [-0.39, 0.29) is 0 Å². The van der Waals surface area contributed by atoms with Crippen molar-refractivity contribution in [3.05, 3.63) is 36.0 Å². The van der Waals surface area contributed by atoms with Crippen molar-refractivity contribution in [1.29, 1.82) is 5.26 Å². The molecule has 0 aliphatic carbocycles. The van der Waals surface area contributed by atoms with Gasteiger partial charge in [0, 0.05) is 36.7 Å². The van der Waals surface area contributed by atoms with Crippen LogP contribution in [-0.4, -0.2) is 35.1 Å². The maximum atomic E-state index is 9.04. The van der Waals surface area contributed by atoms with Crippen molar-refractivity contribution in [2.24, 2.45) is 5.73 Å². The van der Waals surface area contributed by atoms with Crippen molar-refractivity contribution < 1.29 is 0 Å². The van der Waals surface area contributed by atoms with E-state index < -0.39 is 5.54 Å². The molecule has 0 atom stereocenters. The normalized spacial score (nSPS) is 19.0. The molecule has 20 heavy (non-hydrogen) atoms. The van der Waals surface area contributed by atoms with Crippen molar-refractivity contribution >= 4 is 10.9 Å². The van der Waals surface area contributed by atoms with Crippen LogP contribution in [0.1, 0.15) is 18.4 Å². The second-order valence-corrected chi connectivity index (χ2v) is 5.72. The highest BCUT2D eigenvalue weighted by Crippen LogP contribution is 2.21. The Labute approximate surface area is 119 Å². The minimum Gasteiger partial charge on any atom is -0.361 e. The first-order valence-corrected chi connectivity index (χ1v) is 7.18. The molecule has 1 aliphatic heterocycles. The van der Waals surface area contributed by atoms with Gasteiger partial charge in [0.05, 0.1) is 6.07 Å². The second-order valence-electron chi connectivity index (χ2n) is 5.72. The van der Waals surface area contributed by atoms with Gasteiger partial charge in [-0.2, -0.15) is 5.26 Å². The van der Waals surface area contributed by atoms with Gasteiger partial charge in [-0.05, 0) is 30.9 Å². The van der Waals surface area contributed by atoms with E-state index in [4.69, 9.17) is 11.0 Å². The van der Waals surface area contributed by atoms with Crippen molar-refractivity contribution in [1.82, 2.24) is 9.88 Å². The summed E-state index contributed by atoms with van der Waals surface area (Å²) in [5.41, 5.74) is 7.96. The minimum atomic E-state index is -0.600. The Morgan fingerprint density at radius 3 is 2.80 bits per heavy atom. The SMILES string of the molecule is N#CC1(N)CCN(CCc2c[nH]c3ccccc23)CC1. The number of aromatic nitrogens is 1. The van der Waals surface area contributed by atoms with Gasteiger partial charge in [-0.1, -0.05) is 18.2 Å². The Hall–Kier alpha value is -1.83. The number of aromatic amines is 1. The molecule has 0 amide bonds. The summed E-state index contributed by atoms with van der Waals surface area (Å²) >= 11 is 0. The zero-order valence-electron chi connectivity index (χ0n) is 11.6. The summed E-state index contributed by atoms with van der Waals surface area (Å²) in [4.78, 5) is 5.72. The highest BCUT2D eigenvalue weighted by molar-refractivity contribution is 5.83. The Balaban J connectivity index is 1.60. The third-order valence-electron chi connectivity index (χ3n) is 4.34. The number of hydrogen-bond acceptors (Lipinski definition) is 3. The number of rotatable bonds is 3. The summed E-state index contributed by atoms with van der Waals surface area (Å²) in [7, 11) is 0. The van der Waals surface area contributed by atoms with E-state index in [1.54, 1.807) is 0 Å². The predicted octanol–water partition coefficient (Wildman–Crippen LogP) is 2.03. The van der Waals surface area contributed by atoms with Crippen LogP contribution in [0.4, 0.5) is 0 Å². The van der Waals surface area contributed by atoms with Crippen LogP contribution in [-0.2, 0) is 6.42 Å². The van der Waals surface area contributed by atoms with E-state index in [1.807, 2.05) is 0 Å². The Kier molecular flexibility index (Phi) is 3.47. The number of likely N-dealkylation sites (tertiary alicyclic amines) is 1. The maximum absolute atomic E-state index is 9.04. The Morgan fingerprint density at radius 1 is 1.30 bits per heavy atom. The number of nitrogens with one attached hydrogen (secondary N) is 1. The van der Waals surface area contributed by atoms with Gasteiger partial charge in [0.15, 0.2) is 0 Å². The van der Waals surface area contributed by atoms with Crippen molar-refractivity contribution in [2.75, 3.05) is 19.6 Å². The molecule has 3 rings (SSSR count). The summed E-state index contributed by atoms with van der Waals surface area (Å²) in [6.07, 6.45) is 4.69. The molecular formula is C16H20N4. The average molecular weight is 268 g/mol. The first-order chi connectivity index (χ1) is 9.70. The van der Waals surface area contributed by atoms with E-state index in [0.29, 0.717) is 0 Å². The fraction of sp³-hybridized carbons (Fsp3) is 0.438. The number of piperidine rings is 1. The molecule has 1 saturated heterocycles. The maximum Gasteiger partial charge on any atom is 0.106 e. The molecule has 2 heterocycles. The molecular weight excluding hydrogens is 248 g/mol. The van der Waals surface area contributed by atoms with Crippen molar-refractivity contribution in [2.45, 2.75) is 24.8 Å². The molecule has 0 radical (unpaired) electrons. The number of nitrogens with zero attached hydrogens (tertiary/aromatic N) is 2. The predicted molar refractivity (Wildman–Crippen MR) is 80.2 cm³/mol. The van der Waals surface area contributed by atoms with Gasteiger partial charge in [-0.25, -0.2) is 0 Å². The number of hydrogen-bond donors (Lipinski definition) is 2. The second kappa shape index (κ2) is 5.28. The zero-order chi connectivity index (χ0) is 14.0. The lowest BCUT2D eigenvalue weighted by molar-refractivity contribution is 0.190. The molecule has 1 fully saturated rings. The van der Waals surface area contributed by atoms with Crippen LogP contribution in [0.15, 0.2) is 30.5 Å². The minimum absolute atomic E-state index is 0.600. The lowest BCUT2D eigenvalue weighted by Crippen LogP contribution is -2.49. The highest BCUT2D eigenvalue weighted by Gasteiger charge is 2.30. The van der Waals surface area contributed by atoms with Gasteiger partial charge in [0.25, 0.3) is 0 Å². The molecule has 1 aromatic carbocycles. The van der Waals surface area contributed by atoms with Crippen molar-refractivity contribution in [3.8, 4) is 6.07 Å². The lowest BCUT2D eigenvalue weighted by Gasteiger charge is -2.34. The van der Waals surface area contributed by atoms with Gasteiger partial charge in [0.1, 0.15) is 5.54 Å². The molecule has 0 bridgehead atoms. The van der Waals surface area contributed by atoms with E-state index in [2.05, 4.69) is 46.4 Å². The van der Waals surface area contributed by atoms with Crippen LogP contribution >= 0.6 is 0 Å². The summed E-state index contributed by atoms with van der Waals surface area (Å²) in [5, 5.41) is 10.4. The van der Waals surface area contributed by atoms with Crippen LogP contribution in [0.2, 0.25) is 0 Å². The Bertz CT molecular complexity index is 629. The number of para-hydroxylation sites is 1. The topological polar surface area (TPSA) is 68.8 Å². The summed E-state index contributed by atoms with van der Waals surface area (Å²) in [5.74, 6) is 0. The Morgan fingerprint density at radius 2 is 2.05 bits per heavy atom. The number of H-pyrrole nitrogens is 1. The molecule has 4 nitrogen and oxygen atoms in total. The summed E-state index contributed by atoms with van der Waals surface area (Å²) in [6, 6.07) is 10.6. The molecule has 1 aliphatic rings. The van der Waals surface area contributed by atoms with Gasteiger partial charge in [-0.3, -0.25) is 0 Å². The van der Waals surface area contributed by atoms with E-state index in [9.17, 15) is 0 Å². The fourth-order valence-corrected chi connectivity index (χ4v) is 2.90. The molecule has 4 heteroatoms. The molecule has 1 aromatic heterocycles. The number of fused-ring (bicyclic) bond motifs is 1. The third kappa shape index (κ3) is 2.55. The van der Waals surface area contributed by atoms with Crippen LogP contribution < -0.4 is 5.73 Å². The first-order valence-electron chi connectivity index (χ1n) is 7.18. The standard InChI is InChI=1S/C16H20N4/c17-12-16(18)6-9-20(10-7-16)8-5-13-11-19-15-4-2-1-3-14(13)15/h1-4,11,19H,5-10,18H2. The van der Waals surface area contributed by atoms with Gasteiger partial charge < -0.3 is 15.6 Å². The molecule has 3 N–H and O–H groups in total. The van der Waals surface area contributed by atoms with E-state index >= 15 is 0 Å². The van der Waals surface area contributed by atoms with Gasteiger partial charge >= 0.3 is 0 Å². The van der Waals surface area contributed by atoms with Crippen LogP contribution in [0.25, 0.3) is 10.9 Å². The number of benzene rings is 1. The van der Waals surface area contributed by atoms with E-state index in [1.165, 1.54) is 16.5 Å². The molecule has 2 aromatic rings. The molecule has 0 spiro atoms. The summed E-state index contributed by atoms with van der Waals surface area (Å²) in [6.45, 7) is 2.88. The van der Waals surface area contributed by atoms with Crippen molar-refractivity contribution in [3.63, 3.8) is 0 Å². The average Bonchev–Trinajstić information content (AvgIpc) is 2.90. The van der Waals surface area contributed by atoms with Crippen LogP contribution in [0.5, 0.6) is 0 Å². The smallest absolute Gasteiger partial charge is 0.106 e. The first kappa shape index (κ1) is 13.2. The van der Waals surface area contributed by atoms with Crippen LogP contribution in [0.3, 0.4) is 0 Å². The monoisotopic (exact) mass is 268 g/mol. The quantitative estimate of drug-likeness (QED) is 0.895. The fourth-order valence-electron chi connectivity index (χ4n) is 2.90. The molecule has 104 valence electrons. The third-order valence-corrected chi connectivity index (χ3v) is 4.34. The van der Waals surface area contributed by atoms with E-state index in [0.717, 1.165) is 38.9 Å². The molecule has 0 saturated carbocycles. The largest absolute Gasteiger partial charge is 0.361 e. The number of nitriles is 1. The molecule has 0 unspecified atom stereocenters.